The average Bonchev–Trinajstić information content (AvgIpc) is 3.40. The minimum Gasteiger partial charge on any atom is -0.383 e. The number of aromatic nitrogens is 6. The Hall–Kier alpha value is -5.36. The predicted molar refractivity (Wildman–Crippen MR) is 158 cm³/mol. The molecule has 5 aromatic rings. The van der Waals surface area contributed by atoms with Crippen LogP contribution in [0.2, 0.25) is 0 Å². The van der Waals surface area contributed by atoms with E-state index < -0.39 is 0 Å². The van der Waals surface area contributed by atoms with Gasteiger partial charge in [0.15, 0.2) is 11.5 Å². The van der Waals surface area contributed by atoms with Crippen molar-refractivity contribution < 1.29 is 0 Å². The van der Waals surface area contributed by atoms with Crippen molar-refractivity contribution in [2.24, 2.45) is 0 Å². The summed E-state index contributed by atoms with van der Waals surface area (Å²) in [5.74, 6) is 1.63. The maximum Gasteiger partial charge on any atom is 0.165 e. The van der Waals surface area contributed by atoms with Gasteiger partial charge in [0.25, 0.3) is 0 Å². The Morgan fingerprint density at radius 1 is 1.05 bits per heavy atom. The van der Waals surface area contributed by atoms with Gasteiger partial charge < -0.3 is 11.1 Å². The van der Waals surface area contributed by atoms with Crippen molar-refractivity contribution in [2.75, 3.05) is 11.1 Å². The Balaban J connectivity index is 0.00000158. The first-order valence-corrected chi connectivity index (χ1v) is 13.2. The number of nitriles is 1. The van der Waals surface area contributed by atoms with E-state index in [4.69, 9.17) is 21.0 Å². The number of nitrogens with two attached hydrogens (primary N) is 1. The first-order valence-electron chi connectivity index (χ1n) is 13.2. The maximum absolute atomic E-state index is 9.08. The number of hydrogen-bond donors (Lipinski definition) is 2. The molecule has 1 aliphatic rings. The maximum atomic E-state index is 9.08. The number of nitrogen functional groups attached to an aromatic ring is 1. The molecule has 4 heterocycles. The number of rotatable bonds is 6. The average molecular weight is 528 g/mol. The Morgan fingerprint density at radius 2 is 1.90 bits per heavy atom. The highest BCUT2D eigenvalue weighted by atomic mass is 15.2. The van der Waals surface area contributed by atoms with E-state index in [2.05, 4.69) is 44.8 Å². The number of pyridine rings is 2. The molecular weight excluding hydrogens is 498 g/mol. The fourth-order valence-corrected chi connectivity index (χ4v) is 4.42. The molecule has 4 aromatic heterocycles. The van der Waals surface area contributed by atoms with Crippen LogP contribution in [-0.2, 0) is 6.54 Å². The van der Waals surface area contributed by atoms with Crippen molar-refractivity contribution >= 4 is 28.4 Å². The molecule has 40 heavy (non-hydrogen) atoms. The van der Waals surface area contributed by atoms with Crippen LogP contribution in [-0.4, -0.2) is 29.7 Å². The lowest BCUT2D eigenvalue weighted by atomic mass is 10.0. The molecule has 198 valence electrons. The number of nitrogens with zero attached hydrogens (tertiary/aromatic N) is 7. The van der Waals surface area contributed by atoms with Gasteiger partial charge in [-0.3, -0.25) is 4.57 Å². The monoisotopic (exact) mass is 527 g/mol. The number of fused-ring (bicyclic) bond motifs is 1. The van der Waals surface area contributed by atoms with E-state index >= 15 is 0 Å². The summed E-state index contributed by atoms with van der Waals surface area (Å²) < 4.78 is 2.03. The summed E-state index contributed by atoms with van der Waals surface area (Å²) in [4.78, 5) is 14.2. The van der Waals surface area contributed by atoms with Gasteiger partial charge in [-0.2, -0.15) is 10.4 Å². The largest absolute Gasteiger partial charge is 0.383 e. The van der Waals surface area contributed by atoms with E-state index in [1.165, 1.54) is 6.20 Å². The molecule has 9 nitrogen and oxygen atoms in total. The predicted octanol–water partition coefficient (Wildman–Crippen LogP) is 6.10. The van der Waals surface area contributed by atoms with E-state index in [0.717, 1.165) is 52.1 Å². The quantitative estimate of drug-likeness (QED) is 0.271. The van der Waals surface area contributed by atoms with Crippen molar-refractivity contribution in [3.8, 4) is 23.1 Å². The molecule has 1 aliphatic carbocycles. The lowest BCUT2D eigenvalue weighted by Gasteiger charge is -2.12. The molecule has 0 unspecified atom stereocenters. The SMILES string of the molecule is CC.N#Cc1cnnc(NCc2ccc(-n3c(-c4cccnc4N)nc4ccc(C5=CCCC=C5)nc43)cc2)c1. The molecule has 9 heteroatoms. The van der Waals surface area contributed by atoms with Crippen LogP contribution in [0.25, 0.3) is 33.8 Å². The van der Waals surface area contributed by atoms with Crippen molar-refractivity contribution in [3.05, 3.63) is 102 Å². The summed E-state index contributed by atoms with van der Waals surface area (Å²) in [5, 5.41) is 20.2. The summed E-state index contributed by atoms with van der Waals surface area (Å²) in [7, 11) is 0. The lowest BCUT2D eigenvalue weighted by molar-refractivity contribution is 0.993. The van der Waals surface area contributed by atoms with Crippen LogP contribution in [0.5, 0.6) is 0 Å². The Bertz CT molecular complexity index is 1740. The normalized spacial score (nSPS) is 12.3. The van der Waals surface area contributed by atoms with E-state index in [0.29, 0.717) is 29.6 Å². The van der Waals surface area contributed by atoms with Gasteiger partial charge in [-0.05, 0) is 60.4 Å². The van der Waals surface area contributed by atoms with E-state index in [-0.39, 0.29) is 0 Å². The number of anilines is 2. The van der Waals surface area contributed by atoms with Gasteiger partial charge in [0.1, 0.15) is 23.2 Å². The molecule has 1 aromatic carbocycles. The third kappa shape index (κ3) is 5.42. The highest BCUT2D eigenvalue weighted by Crippen LogP contribution is 2.31. The summed E-state index contributed by atoms with van der Waals surface area (Å²) in [5.41, 5.74) is 12.9. The number of hydrogen-bond acceptors (Lipinski definition) is 8. The number of nitrogens with one attached hydrogen (secondary N) is 1. The number of allylic oxidation sites excluding steroid dienone is 4. The van der Waals surface area contributed by atoms with Gasteiger partial charge >= 0.3 is 0 Å². The fraction of sp³-hybridized carbons (Fsp3) is 0.161. The number of benzene rings is 1. The van der Waals surface area contributed by atoms with Crippen LogP contribution in [0.4, 0.5) is 11.6 Å². The van der Waals surface area contributed by atoms with Gasteiger partial charge in [-0.1, -0.05) is 44.2 Å². The first kappa shape index (κ1) is 26.3. The van der Waals surface area contributed by atoms with Gasteiger partial charge in [0.05, 0.1) is 23.0 Å². The van der Waals surface area contributed by atoms with Gasteiger partial charge in [0, 0.05) is 24.5 Å². The molecule has 0 aliphatic heterocycles. The second kappa shape index (κ2) is 12.0. The molecule has 0 saturated heterocycles. The Morgan fingerprint density at radius 3 is 2.65 bits per heavy atom. The summed E-state index contributed by atoms with van der Waals surface area (Å²) >= 11 is 0. The molecule has 0 fully saturated rings. The third-order valence-electron chi connectivity index (χ3n) is 6.33. The van der Waals surface area contributed by atoms with E-state index in [9.17, 15) is 0 Å². The third-order valence-corrected chi connectivity index (χ3v) is 6.33. The van der Waals surface area contributed by atoms with Crippen LogP contribution in [0, 0.1) is 11.3 Å². The number of imidazole rings is 1. The van der Waals surface area contributed by atoms with Crippen molar-refractivity contribution in [3.63, 3.8) is 0 Å². The molecule has 6 rings (SSSR count). The zero-order chi connectivity index (χ0) is 27.9. The smallest absolute Gasteiger partial charge is 0.165 e. The standard InChI is InChI=1S/C29H23N9.C2H6/c30-16-20-15-26(37-34-18-20)33-17-19-8-10-22(11-9-19)38-28(23-7-4-14-32-27(23)31)36-25-13-12-24(35-29(25)38)21-5-2-1-3-6-21;1-2/h2,4-15,18H,1,3,17H2,(H2,31,32)(H,33,37);1-2H3. The van der Waals surface area contributed by atoms with Crippen LogP contribution < -0.4 is 11.1 Å². The second-order valence-corrected chi connectivity index (χ2v) is 8.85. The molecule has 3 N–H and O–H groups in total. The molecular formula is C31H29N9. The minimum absolute atomic E-state index is 0.406. The van der Waals surface area contributed by atoms with Crippen LogP contribution >= 0.6 is 0 Å². The summed E-state index contributed by atoms with van der Waals surface area (Å²) in [6.45, 7) is 4.53. The van der Waals surface area contributed by atoms with Crippen LogP contribution in [0.15, 0.2) is 85.2 Å². The van der Waals surface area contributed by atoms with Gasteiger partial charge in [-0.15, -0.1) is 5.10 Å². The Labute approximate surface area is 232 Å². The molecule has 0 radical (unpaired) electrons. The Kier molecular flexibility index (Phi) is 7.88. The molecule has 0 spiro atoms. The van der Waals surface area contributed by atoms with Crippen molar-refractivity contribution in [1.29, 1.82) is 5.26 Å². The van der Waals surface area contributed by atoms with E-state index in [1.807, 2.05) is 66.9 Å². The van der Waals surface area contributed by atoms with Gasteiger partial charge in [0.2, 0.25) is 0 Å². The van der Waals surface area contributed by atoms with Crippen LogP contribution in [0.3, 0.4) is 0 Å². The van der Waals surface area contributed by atoms with E-state index in [1.54, 1.807) is 12.3 Å². The zero-order valence-corrected chi connectivity index (χ0v) is 22.4. The lowest BCUT2D eigenvalue weighted by Crippen LogP contribution is -2.04. The van der Waals surface area contributed by atoms with Gasteiger partial charge in [-0.25, -0.2) is 15.0 Å². The summed E-state index contributed by atoms with van der Waals surface area (Å²) in [6, 6.07) is 19.6. The highest BCUT2D eigenvalue weighted by Gasteiger charge is 2.19. The molecule has 0 amide bonds. The molecule has 0 saturated carbocycles. The first-order chi connectivity index (χ1) is 19.7. The minimum atomic E-state index is 0.406. The molecule has 0 atom stereocenters. The van der Waals surface area contributed by atoms with Crippen LogP contribution in [0.1, 0.15) is 43.5 Å². The fourth-order valence-electron chi connectivity index (χ4n) is 4.42. The van der Waals surface area contributed by atoms with Crippen molar-refractivity contribution in [1.82, 2.24) is 29.7 Å². The summed E-state index contributed by atoms with van der Waals surface area (Å²) in [6.07, 6.45) is 11.7. The second-order valence-electron chi connectivity index (χ2n) is 8.85. The van der Waals surface area contributed by atoms with Crippen molar-refractivity contribution in [2.45, 2.75) is 33.2 Å². The zero-order valence-electron chi connectivity index (χ0n) is 22.4. The topological polar surface area (TPSA) is 131 Å². The highest BCUT2D eigenvalue weighted by molar-refractivity contribution is 5.85. The molecule has 0 bridgehead atoms.